The van der Waals surface area contributed by atoms with Crippen molar-refractivity contribution in [2.45, 2.75) is 10.1 Å². The summed E-state index contributed by atoms with van der Waals surface area (Å²) in [6.45, 7) is 0. The number of benzene rings is 2. The number of halogens is 1. The van der Waals surface area contributed by atoms with Gasteiger partial charge in [0.25, 0.3) is 0 Å². The molecule has 1 unspecified atom stereocenters. The molecule has 2 nitrogen and oxygen atoms in total. The molecule has 0 aliphatic heterocycles. The van der Waals surface area contributed by atoms with E-state index in [1.165, 1.54) is 18.9 Å². The van der Waals surface area contributed by atoms with Crippen molar-refractivity contribution >= 4 is 33.7 Å². The minimum atomic E-state index is -0.347. The molecule has 0 aromatic heterocycles. The molecule has 0 saturated heterocycles. The van der Waals surface area contributed by atoms with Gasteiger partial charge in [-0.3, -0.25) is 4.79 Å². The Morgan fingerprint density at radius 2 is 1.74 bits per heavy atom. The number of carbonyl (C=O) groups excluding carboxylic acids is 1. The van der Waals surface area contributed by atoms with Crippen LogP contribution in [0.1, 0.15) is 10.8 Å². The van der Waals surface area contributed by atoms with E-state index in [1.807, 2.05) is 54.6 Å². The van der Waals surface area contributed by atoms with E-state index in [-0.39, 0.29) is 11.2 Å². The van der Waals surface area contributed by atoms with Crippen molar-refractivity contribution in [1.82, 2.24) is 0 Å². The lowest BCUT2D eigenvalue weighted by atomic mass is 10.1. The second kappa shape index (κ2) is 6.78. The highest BCUT2D eigenvalue weighted by atomic mass is 79.9. The molecule has 0 spiro atoms. The molecule has 0 N–H and O–H groups in total. The van der Waals surface area contributed by atoms with Gasteiger partial charge in [-0.15, -0.1) is 11.8 Å². The number of ether oxygens (including phenoxy) is 1. The lowest BCUT2D eigenvalue weighted by Gasteiger charge is -2.14. The highest BCUT2D eigenvalue weighted by Crippen LogP contribution is 2.36. The maximum absolute atomic E-state index is 11.9. The highest BCUT2D eigenvalue weighted by Gasteiger charge is 2.22. The molecule has 2 rings (SSSR count). The van der Waals surface area contributed by atoms with Crippen molar-refractivity contribution < 1.29 is 9.53 Å². The van der Waals surface area contributed by atoms with Gasteiger partial charge in [0, 0.05) is 9.37 Å². The van der Waals surface area contributed by atoms with E-state index in [1.54, 1.807) is 0 Å². The quantitative estimate of drug-likeness (QED) is 0.609. The van der Waals surface area contributed by atoms with Crippen LogP contribution in [0.25, 0.3) is 0 Å². The van der Waals surface area contributed by atoms with Gasteiger partial charge in [-0.1, -0.05) is 46.3 Å². The maximum Gasteiger partial charge on any atom is 0.323 e. The molecule has 0 radical (unpaired) electrons. The van der Waals surface area contributed by atoms with Crippen LogP contribution in [0.3, 0.4) is 0 Å². The normalized spacial score (nSPS) is 11.9. The summed E-state index contributed by atoms with van der Waals surface area (Å²) in [4.78, 5) is 13.0. The van der Waals surface area contributed by atoms with Gasteiger partial charge in [-0.25, -0.2) is 0 Å². The van der Waals surface area contributed by atoms with Crippen LogP contribution >= 0.6 is 27.7 Å². The zero-order chi connectivity index (χ0) is 13.7. The average molecular weight is 337 g/mol. The van der Waals surface area contributed by atoms with Crippen LogP contribution in [0.15, 0.2) is 64.0 Å². The molecule has 0 amide bonds. The lowest BCUT2D eigenvalue weighted by Crippen LogP contribution is -2.11. The smallest absolute Gasteiger partial charge is 0.323 e. The van der Waals surface area contributed by atoms with Gasteiger partial charge in [0.2, 0.25) is 0 Å². The Morgan fingerprint density at radius 3 is 2.32 bits per heavy atom. The monoisotopic (exact) mass is 336 g/mol. The van der Waals surface area contributed by atoms with Gasteiger partial charge in [0.15, 0.2) is 0 Å². The van der Waals surface area contributed by atoms with Crippen molar-refractivity contribution in [3.8, 4) is 0 Å². The number of carbonyl (C=O) groups is 1. The Bertz CT molecular complexity index is 540. The zero-order valence-electron chi connectivity index (χ0n) is 10.4. The molecule has 98 valence electrons. The Kier molecular flexibility index (Phi) is 5.05. The van der Waals surface area contributed by atoms with Crippen molar-refractivity contribution in [3.63, 3.8) is 0 Å². The number of thioether (sulfide) groups is 1. The lowest BCUT2D eigenvalue weighted by molar-refractivity contribution is -0.140. The standard InChI is InChI=1S/C15H13BrO2S/c1-18-15(17)14(11-7-9-12(16)10-8-11)19-13-5-3-2-4-6-13/h2-10,14H,1H3. The number of hydrogen-bond donors (Lipinski definition) is 0. The molecule has 0 heterocycles. The second-order valence-corrected chi connectivity index (χ2v) is 5.98. The Labute approximate surface area is 125 Å². The second-order valence-electron chi connectivity index (χ2n) is 3.89. The molecule has 2 aromatic rings. The van der Waals surface area contributed by atoms with Crippen LogP contribution < -0.4 is 0 Å². The number of hydrogen-bond acceptors (Lipinski definition) is 3. The Balaban J connectivity index is 2.26. The van der Waals surface area contributed by atoms with E-state index in [0.29, 0.717) is 0 Å². The van der Waals surface area contributed by atoms with Crippen LogP contribution in [0.2, 0.25) is 0 Å². The van der Waals surface area contributed by atoms with E-state index in [9.17, 15) is 4.79 Å². The van der Waals surface area contributed by atoms with Gasteiger partial charge >= 0.3 is 5.97 Å². The minimum absolute atomic E-state index is 0.240. The summed E-state index contributed by atoms with van der Waals surface area (Å²) < 4.78 is 5.89. The molecule has 0 bridgehead atoms. The third-order valence-corrected chi connectivity index (χ3v) is 4.36. The molecule has 19 heavy (non-hydrogen) atoms. The topological polar surface area (TPSA) is 26.3 Å². The summed E-state index contributed by atoms with van der Waals surface area (Å²) in [5.74, 6) is -0.240. The van der Waals surface area contributed by atoms with Gasteiger partial charge in [-0.05, 0) is 29.8 Å². The molecule has 0 saturated carbocycles. The van der Waals surface area contributed by atoms with Crippen molar-refractivity contribution in [1.29, 1.82) is 0 Å². The third-order valence-electron chi connectivity index (χ3n) is 2.59. The van der Waals surface area contributed by atoms with Crippen molar-refractivity contribution in [2.75, 3.05) is 7.11 Å². The summed E-state index contributed by atoms with van der Waals surface area (Å²) in [5, 5.41) is -0.347. The van der Waals surface area contributed by atoms with Gasteiger partial charge in [-0.2, -0.15) is 0 Å². The molecule has 4 heteroatoms. The first-order valence-electron chi connectivity index (χ1n) is 5.75. The SMILES string of the molecule is COC(=O)C(Sc1ccccc1)c1ccc(Br)cc1. The Hall–Kier alpha value is -1.26. The summed E-state index contributed by atoms with van der Waals surface area (Å²) in [5.41, 5.74) is 0.934. The average Bonchev–Trinajstić information content (AvgIpc) is 2.46. The van der Waals surface area contributed by atoms with Gasteiger partial charge in [0.05, 0.1) is 7.11 Å². The Morgan fingerprint density at radius 1 is 1.11 bits per heavy atom. The van der Waals surface area contributed by atoms with Crippen LogP contribution in [-0.4, -0.2) is 13.1 Å². The van der Waals surface area contributed by atoms with Crippen molar-refractivity contribution in [2.24, 2.45) is 0 Å². The summed E-state index contributed by atoms with van der Waals surface area (Å²) in [7, 11) is 1.42. The maximum atomic E-state index is 11.9. The van der Waals surface area contributed by atoms with E-state index >= 15 is 0 Å². The first-order valence-corrected chi connectivity index (χ1v) is 7.43. The molecular formula is C15H13BrO2S. The molecule has 2 aromatic carbocycles. The largest absolute Gasteiger partial charge is 0.468 e. The van der Waals surface area contributed by atoms with E-state index in [4.69, 9.17) is 4.74 Å². The van der Waals surface area contributed by atoms with Crippen LogP contribution in [0.4, 0.5) is 0 Å². The minimum Gasteiger partial charge on any atom is -0.468 e. The van der Waals surface area contributed by atoms with Gasteiger partial charge in [0.1, 0.15) is 5.25 Å². The molecular weight excluding hydrogens is 324 g/mol. The fourth-order valence-electron chi connectivity index (χ4n) is 1.63. The van der Waals surface area contributed by atoms with Crippen LogP contribution in [0.5, 0.6) is 0 Å². The molecule has 0 fully saturated rings. The molecule has 0 aliphatic rings. The fourth-order valence-corrected chi connectivity index (χ4v) is 2.97. The fraction of sp³-hybridized carbons (Fsp3) is 0.133. The number of methoxy groups -OCH3 is 1. The highest BCUT2D eigenvalue weighted by molar-refractivity contribution is 9.10. The zero-order valence-corrected chi connectivity index (χ0v) is 12.8. The first kappa shape index (κ1) is 14.2. The predicted molar refractivity (Wildman–Crippen MR) is 81.2 cm³/mol. The summed E-state index contributed by atoms with van der Waals surface area (Å²) in [6, 6.07) is 17.6. The summed E-state index contributed by atoms with van der Waals surface area (Å²) in [6.07, 6.45) is 0. The van der Waals surface area contributed by atoms with E-state index in [2.05, 4.69) is 15.9 Å². The summed E-state index contributed by atoms with van der Waals surface area (Å²) >= 11 is 4.88. The third kappa shape index (κ3) is 3.85. The molecule has 1 atom stereocenters. The van der Waals surface area contributed by atoms with Crippen LogP contribution in [0, 0.1) is 0 Å². The number of esters is 1. The first-order chi connectivity index (χ1) is 9.20. The van der Waals surface area contributed by atoms with E-state index in [0.717, 1.165) is 14.9 Å². The number of rotatable bonds is 4. The predicted octanol–water partition coefficient (Wildman–Crippen LogP) is 4.46. The van der Waals surface area contributed by atoms with Crippen LogP contribution in [-0.2, 0) is 9.53 Å². The van der Waals surface area contributed by atoms with Crippen molar-refractivity contribution in [3.05, 3.63) is 64.6 Å². The van der Waals surface area contributed by atoms with Gasteiger partial charge < -0.3 is 4.74 Å². The van der Waals surface area contributed by atoms with E-state index < -0.39 is 0 Å². The molecule has 0 aliphatic carbocycles.